The van der Waals surface area contributed by atoms with Crippen LogP contribution in [0.2, 0.25) is 0 Å². The number of rotatable bonds is 5. The van der Waals surface area contributed by atoms with E-state index in [1.54, 1.807) is 13.1 Å². The number of para-hydroxylation sites is 1. The molecule has 0 bridgehead atoms. The van der Waals surface area contributed by atoms with Gasteiger partial charge in [0.05, 0.1) is 19.6 Å². The molecule has 0 aromatic heterocycles. The average Bonchev–Trinajstić information content (AvgIpc) is 2.70. The van der Waals surface area contributed by atoms with E-state index in [0.29, 0.717) is 11.3 Å². The summed E-state index contributed by atoms with van der Waals surface area (Å²) in [4.78, 5) is 26.4. The van der Waals surface area contributed by atoms with Crippen LogP contribution in [0.15, 0.2) is 48.5 Å². The Kier molecular flexibility index (Phi) is 5.86. The largest absolute Gasteiger partial charge is 0.378 e. The Balaban J connectivity index is 1.69. The van der Waals surface area contributed by atoms with Crippen LogP contribution < -0.4 is 15.5 Å². The molecule has 6 nitrogen and oxygen atoms in total. The zero-order valence-electron chi connectivity index (χ0n) is 14.8. The van der Waals surface area contributed by atoms with E-state index in [2.05, 4.69) is 15.5 Å². The minimum absolute atomic E-state index is 0.0958. The summed E-state index contributed by atoms with van der Waals surface area (Å²) in [5, 5.41) is 5.50. The molecule has 0 saturated carbocycles. The van der Waals surface area contributed by atoms with Gasteiger partial charge < -0.3 is 20.3 Å². The molecule has 26 heavy (non-hydrogen) atoms. The lowest BCUT2D eigenvalue weighted by atomic mass is 10.1. The quantitative estimate of drug-likeness (QED) is 0.863. The standard InChI is InChI=1S/C20H23N3O3/c1-21-19(24)14-16-4-2-3-5-18(16)22-20(25)15-6-8-17(9-7-15)23-10-12-26-13-11-23/h2-9H,10-14H2,1H3,(H,21,24)(H,22,25). The van der Waals surface area contributed by atoms with E-state index in [-0.39, 0.29) is 18.2 Å². The van der Waals surface area contributed by atoms with E-state index in [1.165, 1.54) is 0 Å². The van der Waals surface area contributed by atoms with Crippen molar-refractivity contribution in [3.8, 4) is 0 Å². The van der Waals surface area contributed by atoms with Crippen LogP contribution in [-0.4, -0.2) is 45.2 Å². The van der Waals surface area contributed by atoms with E-state index in [1.807, 2.05) is 42.5 Å². The zero-order valence-corrected chi connectivity index (χ0v) is 14.8. The van der Waals surface area contributed by atoms with Gasteiger partial charge in [-0.2, -0.15) is 0 Å². The van der Waals surface area contributed by atoms with Crippen LogP contribution in [0.25, 0.3) is 0 Å². The van der Waals surface area contributed by atoms with Crippen molar-refractivity contribution in [2.45, 2.75) is 6.42 Å². The third-order valence-electron chi connectivity index (χ3n) is 4.40. The van der Waals surface area contributed by atoms with Gasteiger partial charge in [-0.05, 0) is 35.9 Å². The predicted molar refractivity (Wildman–Crippen MR) is 102 cm³/mol. The Labute approximate surface area is 153 Å². The molecule has 0 atom stereocenters. The maximum atomic E-state index is 12.6. The fourth-order valence-corrected chi connectivity index (χ4v) is 2.90. The minimum atomic E-state index is -0.192. The SMILES string of the molecule is CNC(=O)Cc1ccccc1NC(=O)c1ccc(N2CCOCC2)cc1. The molecule has 1 fully saturated rings. The summed E-state index contributed by atoms with van der Waals surface area (Å²) in [5.41, 5.74) is 3.10. The number of anilines is 2. The summed E-state index contributed by atoms with van der Waals surface area (Å²) < 4.78 is 5.36. The second-order valence-electron chi connectivity index (χ2n) is 6.11. The van der Waals surface area contributed by atoms with Crippen molar-refractivity contribution in [2.75, 3.05) is 43.6 Å². The first-order valence-corrected chi connectivity index (χ1v) is 8.70. The van der Waals surface area contributed by atoms with Crippen molar-refractivity contribution in [3.05, 3.63) is 59.7 Å². The Bertz CT molecular complexity index is 768. The van der Waals surface area contributed by atoms with Crippen LogP contribution in [0.4, 0.5) is 11.4 Å². The summed E-state index contributed by atoms with van der Waals surface area (Å²) in [6.07, 6.45) is 0.225. The van der Waals surface area contributed by atoms with Crippen molar-refractivity contribution in [1.29, 1.82) is 0 Å². The van der Waals surface area contributed by atoms with Crippen molar-refractivity contribution >= 4 is 23.2 Å². The molecule has 1 aliphatic heterocycles. The zero-order chi connectivity index (χ0) is 18.4. The Morgan fingerprint density at radius 1 is 1.04 bits per heavy atom. The van der Waals surface area contributed by atoms with Gasteiger partial charge in [-0.15, -0.1) is 0 Å². The van der Waals surface area contributed by atoms with Crippen LogP contribution in [0.1, 0.15) is 15.9 Å². The molecule has 1 saturated heterocycles. The first kappa shape index (κ1) is 17.9. The van der Waals surface area contributed by atoms with Gasteiger partial charge in [0.1, 0.15) is 0 Å². The summed E-state index contributed by atoms with van der Waals surface area (Å²) >= 11 is 0. The molecular formula is C20H23N3O3. The molecule has 3 rings (SSSR count). The number of likely N-dealkylation sites (N-methyl/N-ethyl adjacent to an activating group) is 1. The maximum absolute atomic E-state index is 12.6. The third kappa shape index (κ3) is 4.40. The van der Waals surface area contributed by atoms with E-state index < -0.39 is 0 Å². The lowest BCUT2D eigenvalue weighted by Gasteiger charge is -2.28. The first-order chi connectivity index (χ1) is 12.7. The molecule has 136 valence electrons. The van der Waals surface area contributed by atoms with Gasteiger partial charge in [-0.25, -0.2) is 0 Å². The number of nitrogens with one attached hydrogen (secondary N) is 2. The minimum Gasteiger partial charge on any atom is -0.378 e. The molecule has 1 heterocycles. The van der Waals surface area contributed by atoms with E-state index in [0.717, 1.165) is 37.6 Å². The lowest BCUT2D eigenvalue weighted by molar-refractivity contribution is -0.119. The Morgan fingerprint density at radius 2 is 1.73 bits per heavy atom. The molecule has 6 heteroatoms. The smallest absolute Gasteiger partial charge is 0.255 e. The lowest BCUT2D eigenvalue weighted by Crippen LogP contribution is -2.36. The fraction of sp³-hybridized carbons (Fsp3) is 0.300. The second kappa shape index (κ2) is 8.49. The van der Waals surface area contributed by atoms with Crippen LogP contribution >= 0.6 is 0 Å². The number of hydrogen-bond acceptors (Lipinski definition) is 4. The summed E-state index contributed by atoms with van der Waals surface area (Å²) in [5.74, 6) is -0.288. The van der Waals surface area contributed by atoms with Gasteiger partial charge in [0.2, 0.25) is 5.91 Å². The highest BCUT2D eigenvalue weighted by Crippen LogP contribution is 2.19. The van der Waals surface area contributed by atoms with Gasteiger partial charge in [0.15, 0.2) is 0 Å². The Morgan fingerprint density at radius 3 is 2.42 bits per heavy atom. The van der Waals surface area contributed by atoms with Gasteiger partial charge in [-0.1, -0.05) is 18.2 Å². The van der Waals surface area contributed by atoms with Crippen LogP contribution in [0.5, 0.6) is 0 Å². The van der Waals surface area contributed by atoms with Crippen LogP contribution in [0.3, 0.4) is 0 Å². The molecule has 0 radical (unpaired) electrons. The molecule has 0 unspecified atom stereocenters. The third-order valence-corrected chi connectivity index (χ3v) is 4.40. The number of morpholine rings is 1. The molecular weight excluding hydrogens is 330 g/mol. The second-order valence-corrected chi connectivity index (χ2v) is 6.11. The highest BCUT2D eigenvalue weighted by Gasteiger charge is 2.14. The topological polar surface area (TPSA) is 70.7 Å². The van der Waals surface area contributed by atoms with E-state index >= 15 is 0 Å². The Hall–Kier alpha value is -2.86. The number of amides is 2. The summed E-state index contributed by atoms with van der Waals surface area (Å²) in [6.45, 7) is 3.17. The number of carbonyl (C=O) groups excluding carboxylic acids is 2. The van der Waals surface area contributed by atoms with Crippen molar-refractivity contribution in [2.24, 2.45) is 0 Å². The first-order valence-electron chi connectivity index (χ1n) is 8.70. The van der Waals surface area contributed by atoms with Crippen molar-refractivity contribution in [1.82, 2.24) is 5.32 Å². The number of ether oxygens (including phenoxy) is 1. The maximum Gasteiger partial charge on any atom is 0.255 e. The highest BCUT2D eigenvalue weighted by molar-refractivity contribution is 6.05. The molecule has 2 N–H and O–H groups in total. The van der Waals surface area contributed by atoms with E-state index in [9.17, 15) is 9.59 Å². The number of nitrogens with zero attached hydrogens (tertiary/aromatic N) is 1. The average molecular weight is 353 g/mol. The monoisotopic (exact) mass is 353 g/mol. The van der Waals surface area contributed by atoms with Crippen LogP contribution in [-0.2, 0) is 16.0 Å². The molecule has 0 spiro atoms. The van der Waals surface area contributed by atoms with Crippen molar-refractivity contribution in [3.63, 3.8) is 0 Å². The molecule has 2 amide bonds. The normalized spacial score (nSPS) is 14.0. The van der Waals surface area contributed by atoms with Gasteiger partial charge in [-0.3, -0.25) is 9.59 Å². The number of carbonyl (C=O) groups is 2. The number of benzene rings is 2. The molecule has 2 aromatic carbocycles. The van der Waals surface area contributed by atoms with Gasteiger partial charge in [0, 0.05) is 37.1 Å². The van der Waals surface area contributed by atoms with Crippen LogP contribution in [0, 0.1) is 0 Å². The van der Waals surface area contributed by atoms with Gasteiger partial charge in [0.25, 0.3) is 5.91 Å². The summed E-state index contributed by atoms with van der Waals surface area (Å²) in [7, 11) is 1.60. The number of hydrogen-bond donors (Lipinski definition) is 2. The van der Waals surface area contributed by atoms with E-state index in [4.69, 9.17) is 4.74 Å². The summed E-state index contributed by atoms with van der Waals surface area (Å²) in [6, 6.07) is 14.9. The fourth-order valence-electron chi connectivity index (χ4n) is 2.90. The highest BCUT2D eigenvalue weighted by atomic mass is 16.5. The molecule has 1 aliphatic rings. The van der Waals surface area contributed by atoms with Crippen molar-refractivity contribution < 1.29 is 14.3 Å². The predicted octanol–water partition coefficient (Wildman–Crippen LogP) is 2.06. The molecule has 0 aliphatic carbocycles. The molecule has 2 aromatic rings. The van der Waals surface area contributed by atoms with Gasteiger partial charge >= 0.3 is 0 Å².